The molecule has 0 spiro atoms. The number of aryl methyl sites for hydroxylation is 3. The van der Waals surface area contributed by atoms with Crippen molar-refractivity contribution in [2.45, 2.75) is 50.0 Å². The van der Waals surface area contributed by atoms with Gasteiger partial charge in [0.2, 0.25) is 15.9 Å². The van der Waals surface area contributed by atoms with E-state index in [2.05, 4.69) is 10.0 Å². The Morgan fingerprint density at radius 3 is 2.26 bits per heavy atom. The van der Waals surface area contributed by atoms with Crippen molar-refractivity contribution < 1.29 is 17.9 Å². The highest BCUT2D eigenvalue weighted by Crippen LogP contribution is 2.33. The molecule has 0 heterocycles. The molecule has 3 aromatic carbocycles. The SMILES string of the molecule is COc1cc2c(cc1NC(=O)C[C@@H](NS(=O)(=O)c1ccc(C)cc1)c1ccccc1)CCCC2. The van der Waals surface area contributed by atoms with Crippen molar-refractivity contribution in [3.63, 3.8) is 0 Å². The van der Waals surface area contributed by atoms with Crippen molar-refractivity contribution in [1.29, 1.82) is 0 Å². The monoisotopic (exact) mass is 478 g/mol. The lowest BCUT2D eigenvalue weighted by Crippen LogP contribution is -2.31. The van der Waals surface area contributed by atoms with Crippen LogP contribution in [-0.4, -0.2) is 21.4 Å². The number of benzene rings is 3. The molecule has 0 saturated carbocycles. The summed E-state index contributed by atoms with van der Waals surface area (Å²) in [6, 6.07) is 19.0. The lowest BCUT2D eigenvalue weighted by atomic mass is 9.91. The van der Waals surface area contributed by atoms with Gasteiger partial charge in [0.05, 0.1) is 23.7 Å². The van der Waals surface area contributed by atoms with Gasteiger partial charge in [0.1, 0.15) is 5.75 Å². The molecule has 34 heavy (non-hydrogen) atoms. The third-order valence-corrected chi connectivity index (χ3v) is 7.65. The first-order valence-corrected chi connectivity index (χ1v) is 13.0. The summed E-state index contributed by atoms with van der Waals surface area (Å²) in [7, 11) is -2.24. The summed E-state index contributed by atoms with van der Waals surface area (Å²) in [6.45, 7) is 1.90. The average Bonchev–Trinajstić information content (AvgIpc) is 2.84. The van der Waals surface area contributed by atoms with Gasteiger partial charge in [-0.1, -0.05) is 48.0 Å². The van der Waals surface area contributed by atoms with Crippen LogP contribution < -0.4 is 14.8 Å². The molecule has 1 amide bonds. The fourth-order valence-corrected chi connectivity index (χ4v) is 5.53. The van der Waals surface area contributed by atoms with Crippen LogP contribution in [0.5, 0.6) is 5.75 Å². The summed E-state index contributed by atoms with van der Waals surface area (Å²) in [5.74, 6) is 0.319. The summed E-state index contributed by atoms with van der Waals surface area (Å²) in [6.07, 6.45) is 4.21. The minimum Gasteiger partial charge on any atom is -0.495 e. The standard InChI is InChI=1S/C27H30N2O4S/c1-19-12-14-23(15-13-19)34(31,32)29-24(20-8-4-3-5-9-20)18-27(30)28-25-16-21-10-6-7-11-22(21)17-26(25)33-2/h3-5,8-9,12-17,24,29H,6-7,10-11,18H2,1-2H3,(H,28,30)/t24-/m1/s1. The summed E-state index contributed by atoms with van der Waals surface area (Å²) in [5, 5.41) is 2.95. The number of fused-ring (bicyclic) bond motifs is 1. The Labute approximate surface area is 201 Å². The first kappa shape index (κ1) is 24.0. The van der Waals surface area contributed by atoms with Crippen molar-refractivity contribution in [3.05, 3.63) is 89.0 Å². The summed E-state index contributed by atoms with van der Waals surface area (Å²) >= 11 is 0. The third kappa shape index (κ3) is 5.66. The Bertz CT molecular complexity index is 1260. The molecule has 0 bridgehead atoms. The zero-order valence-corrected chi connectivity index (χ0v) is 20.3. The van der Waals surface area contributed by atoms with E-state index in [0.717, 1.165) is 31.2 Å². The number of amides is 1. The van der Waals surface area contributed by atoms with E-state index >= 15 is 0 Å². The second-order valence-corrected chi connectivity index (χ2v) is 10.4. The van der Waals surface area contributed by atoms with Crippen molar-refractivity contribution in [3.8, 4) is 5.75 Å². The van der Waals surface area contributed by atoms with Gasteiger partial charge in [0.25, 0.3) is 0 Å². The number of rotatable bonds is 8. The van der Waals surface area contributed by atoms with E-state index in [-0.39, 0.29) is 17.2 Å². The summed E-state index contributed by atoms with van der Waals surface area (Å²) < 4.78 is 34.4. The van der Waals surface area contributed by atoms with Gasteiger partial charge in [-0.2, -0.15) is 0 Å². The average molecular weight is 479 g/mol. The predicted octanol–water partition coefficient (Wildman–Crippen LogP) is 4.93. The van der Waals surface area contributed by atoms with Crippen LogP contribution in [0.1, 0.15) is 47.6 Å². The number of hydrogen-bond donors (Lipinski definition) is 2. The Morgan fingerprint density at radius 1 is 0.971 bits per heavy atom. The van der Waals surface area contributed by atoms with Gasteiger partial charge in [0.15, 0.2) is 0 Å². The molecule has 1 aliphatic carbocycles. The van der Waals surface area contributed by atoms with E-state index in [1.165, 1.54) is 11.1 Å². The van der Waals surface area contributed by atoms with Crippen LogP contribution in [0.25, 0.3) is 0 Å². The Kier molecular flexibility index (Phi) is 7.34. The van der Waals surface area contributed by atoms with Crippen molar-refractivity contribution in [1.82, 2.24) is 4.72 Å². The number of hydrogen-bond acceptors (Lipinski definition) is 4. The van der Waals surface area contributed by atoms with Crippen LogP contribution in [0.4, 0.5) is 5.69 Å². The van der Waals surface area contributed by atoms with Gasteiger partial charge in [-0.3, -0.25) is 4.79 Å². The van der Waals surface area contributed by atoms with Crippen LogP contribution in [0.3, 0.4) is 0 Å². The number of carbonyl (C=O) groups is 1. The maximum absolute atomic E-state index is 13.1. The lowest BCUT2D eigenvalue weighted by molar-refractivity contribution is -0.116. The summed E-state index contributed by atoms with van der Waals surface area (Å²) in [4.78, 5) is 13.3. The number of carbonyl (C=O) groups excluding carboxylic acids is 1. The normalized spacial score (nSPS) is 14.2. The third-order valence-electron chi connectivity index (χ3n) is 6.16. The number of methoxy groups -OCH3 is 1. The van der Waals surface area contributed by atoms with E-state index < -0.39 is 16.1 Å². The molecule has 0 fully saturated rings. The number of ether oxygens (including phenoxy) is 1. The van der Waals surface area contributed by atoms with Crippen LogP contribution in [-0.2, 0) is 27.7 Å². The van der Waals surface area contributed by atoms with Crippen LogP contribution in [0, 0.1) is 6.92 Å². The highest BCUT2D eigenvalue weighted by molar-refractivity contribution is 7.89. The van der Waals surface area contributed by atoms with Crippen LogP contribution in [0.15, 0.2) is 71.6 Å². The quantitative estimate of drug-likeness (QED) is 0.481. The minimum absolute atomic E-state index is 0.0602. The molecule has 1 atom stereocenters. The molecule has 2 N–H and O–H groups in total. The molecule has 1 aliphatic rings. The molecule has 0 aliphatic heterocycles. The topological polar surface area (TPSA) is 84.5 Å². The fraction of sp³-hybridized carbons (Fsp3) is 0.296. The van der Waals surface area contributed by atoms with Crippen molar-refractivity contribution in [2.24, 2.45) is 0 Å². The highest BCUT2D eigenvalue weighted by Gasteiger charge is 2.24. The number of nitrogens with one attached hydrogen (secondary N) is 2. The first-order chi connectivity index (χ1) is 16.4. The zero-order valence-electron chi connectivity index (χ0n) is 19.5. The van der Waals surface area contributed by atoms with Gasteiger partial charge in [0, 0.05) is 6.42 Å². The predicted molar refractivity (Wildman–Crippen MR) is 134 cm³/mol. The summed E-state index contributed by atoms with van der Waals surface area (Å²) in [5.41, 5.74) is 4.78. The van der Waals surface area contributed by atoms with Gasteiger partial charge in [-0.25, -0.2) is 13.1 Å². The van der Waals surface area contributed by atoms with Crippen LogP contribution >= 0.6 is 0 Å². The fourth-order valence-electron chi connectivity index (χ4n) is 4.30. The van der Waals surface area contributed by atoms with Gasteiger partial charge < -0.3 is 10.1 Å². The molecule has 6 nitrogen and oxygen atoms in total. The second kappa shape index (κ2) is 10.4. The Hall–Kier alpha value is -3.16. The zero-order chi connectivity index (χ0) is 24.1. The van der Waals surface area contributed by atoms with Gasteiger partial charge in [-0.15, -0.1) is 0 Å². The van der Waals surface area contributed by atoms with E-state index in [9.17, 15) is 13.2 Å². The van der Waals surface area contributed by atoms with E-state index in [0.29, 0.717) is 17.0 Å². The maximum Gasteiger partial charge on any atom is 0.241 e. The van der Waals surface area contributed by atoms with Gasteiger partial charge >= 0.3 is 0 Å². The van der Waals surface area contributed by atoms with Crippen molar-refractivity contribution in [2.75, 3.05) is 12.4 Å². The molecular weight excluding hydrogens is 448 g/mol. The highest BCUT2D eigenvalue weighted by atomic mass is 32.2. The smallest absolute Gasteiger partial charge is 0.241 e. The molecule has 7 heteroatoms. The van der Waals surface area contributed by atoms with E-state index in [1.807, 2.05) is 49.4 Å². The number of anilines is 1. The van der Waals surface area contributed by atoms with Gasteiger partial charge in [-0.05, 0) is 73.6 Å². The second-order valence-electron chi connectivity index (χ2n) is 8.68. The molecule has 0 saturated heterocycles. The first-order valence-electron chi connectivity index (χ1n) is 11.5. The number of sulfonamides is 1. The molecule has 178 valence electrons. The molecule has 0 unspecified atom stereocenters. The lowest BCUT2D eigenvalue weighted by Gasteiger charge is -2.21. The maximum atomic E-state index is 13.1. The van der Waals surface area contributed by atoms with Crippen LogP contribution in [0.2, 0.25) is 0 Å². The molecule has 0 radical (unpaired) electrons. The largest absolute Gasteiger partial charge is 0.495 e. The van der Waals surface area contributed by atoms with E-state index in [4.69, 9.17) is 4.74 Å². The molecule has 4 rings (SSSR count). The minimum atomic E-state index is -3.82. The molecule has 3 aromatic rings. The molecular formula is C27H30N2O4S. The Balaban J connectivity index is 1.56. The Morgan fingerprint density at radius 2 is 1.62 bits per heavy atom. The van der Waals surface area contributed by atoms with Crippen molar-refractivity contribution >= 4 is 21.6 Å². The van der Waals surface area contributed by atoms with E-state index in [1.54, 1.807) is 31.4 Å². The molecule has 0 aromatic heterocycles.